The van der Waals surface area contributed by atoms with Crippen LogP contribution < -0.4 is 36.4 Å². The number of morpholine rings is 1. The minimum atomic E-state index is -0.529. The van der Waals surface area contributed by atoms with Crippen LogP contribution in [0.1, 0.15) is 66.8 Å². The van der Waals surface area contributed by atoms with Crippen LogP contribution in [0.3, 0.4) is 0 Å². The number of para-hydroxylation sites is 4. The van der Waals surface area contributed by atoms with Crippen LogP contribution in [0.15, 0.2) is 244 Å². The summed E-state index contributed by atoms with van der Waals surface area (Å²) in [7, 11) is 7.30. The lowest BCUT2D eigenvalue weighted by atomic mass is 10.0. The first kappa shape index (κ1) is 81.8. The van der Waals surface area contributed by atoms with Gasteiger partial charge in [-0.25, -0.2) is 22.4 Å². The Bertz CT molecular complexity index is 6320. The van der Waals surface area contributed by atoms with Gasteiger partial charge in [0.05, 0.1) is 93.7 Å². The summed E-state index contributed by atoms with van der Waals surface area (Å²) < 4.78 is 61.0. The Hall–Kier alpha value is -15.4. The van der Waals surface area contributed by atoms with E-state index >= 15 is 0 Å². The fraction of sp³-hybridized carbons (Fsp3) is 0.154. The van der Waals surface area contributed by atoms with Gasteiger partial charge in [0, 0.05) is 122 Å². The maximum atomic E-state index is 13.9. The molecule has 122 heavy (non-hydrogen) atoms. The molecular weight excluding hydrogens is 1560 g/mol. The molecule has 614 valence electrons. The number of hydrogen-bond donors (Lipinski definition) is 9. The number of carbonyl (C=O) groups is 5. The summed E-state index contributed by atoms with van der Waals surface area (Å²) in [5.74, 6) is -3.96. The van der Waals surface area contributed by atoms with Gasteiger partial charge >= 0.3 is 6.03 Å². The zero-order valence-corrected chi connectivity index (χ0v) is 66.5. The van der Waals surface area contributed by atoms with Crippen molar-refractivity contribution in [2.75, 3.05) is 104 Å². The highest BCUT2D eigenvalue weighted by Crippen LogP contribution is 2.34. The van der Waals surface area contributed by atoms with Crippen molar-refractivity contribution in [2.24, 2.45) is 0 Å². The Morgan fingerprint density at radius 2 is 0.689 bits per heavy atom. The summed E-state index contributed by atoms with van der Waals surface area (Å²) in [6, 6.07) is 54.6. The average molecular weight is 1640 g/mol. The Morgan fingerprint density at radius 3 is 1.04 bits per heavy atom. The summed E-state index contributed by atoms with van der Waals surface area (Å²) in [5.41, 5.74) is 15.0. The number of nitrogens with zero attached hydrogens (tertiary/aromatic N) is 12. The van der Waals surface area contributed by atoms with Gasteiger partial charge in [-0.3, -0.25) is 59.5 Å². The van der Waals surface area contributed by atoms with Gasteiger partial charge in [-0.1, -0.05) is 72.8 Å². The topological polar surface area (TPSA) is 334 Å². The molecule has 16 aromatic rings. The van der Waals surface area contributed by atoms with Crippen LogP contribution in [-0.4, -0.2) is 168 Å². The molecule has 8 aromatic carbocycles. The molecule has 0 saturated carbocycles. The van der Waals surface area contributed by atoms with Gasteiger partial charge in [0.1, 0.15) is 23.3 Å². The number of nitrogens with one attached hydrogen (secondary N) is 9. The van der Waals surface area contributed by atoms with Crippen LogP contribution in [-0.2, 0) is 11.3 Å². The second-order valence-corrected chi connectivity index (χ2v) is 29.2. The van der Waals surface area contributed by atoms with Gasteiger partial charge in [-0.05, 0) is 183 Å². The summed E-state index contributed by atoms with van der Waals surface area (Å²) in [5, 5.41) is 43.6. The van der Waals surface area contributed by atoms with Gasteiger partial charge < -0.3 is 50.9 Å². The van der Waals surface area contributed by atoms with Gasteiger partial charge in [0.2, 0.25) is 0 Å². The Labute approximate surface area is 696 Å². The van der Waals surface area contributed by atoms with E-state index in [1.54, 1.807) is 106 Å². The lowest BCUT2D eigenvalue weighted by molar-refractivity contribution is 0.101. The molecule has 10 heterocycles. The minimum Gasteiger partial charge on any atom is -0.378 e. The highest BCUT2D eigenvalue weighted by atomic mass is 19.1. The van der Waals surface area contributed by atoms with Crippen molar-refractivity contribution < 1.29 is 46.3 Å². The van der Waals surface area contributed by atoms with E-state index in [1.807, 2.05) is 99.5 Å². The number of aromatic amines is 4. The summed E-state index contributed by atoms with van der Waals surface area (Å²) in [6.45, 7) is 5.93. The molecule has 0 aliphatic carbocycles. The third-order valence-corrected chi connectivity index (χ3v) is 20.2. The van der Waals surface area contributed by atoms with Crippen molar-refractivity contribution in [3.05, 3.63) is 295 Å². The average Bonchev–Trinajstić information content (AvgIpc) is 1.62. The summed E-state index contributed by atoms with van der Waals surface area (Å²) in [6.07, 6.45) is 17.9. The number of H-pyrrole nitrogens is 4. The molecule has 8 aromatic heterocycles. The minimum absolute atomic E-state index is 0.0772. The molecule has 9 N–H and O–H groups in total. The van der Waals surface area contributed by atoms with Gasteiger partial charge in [-0.2, -0.15) is 20.4 Å². The van der Waals surface area contributed by atoms with Crippen molar-refractivity contribution in [1.82, 2.24) is 70.5 Å². The van der Waals surface area contributed by atoms with E-state index in [0.717, 1.165) is 111 Å². The van der Waals surface area contributed by atoms with Crippen molar-refractivity contribution in [1.29, 1.82) is 0 Å². The number of benzene rings is 8. The number of carbonyl (C=O) groups excluding carboxylic acids is 5. The number of anilines is 7. The third kappa shape index (κ3) is 19.4. The predicted molar refractivity (Wildman–Crippen MR) is 464 cm³/mol. The van der Waals surface area contributed by atoms with E-state index in [9.17, 15) is 41.5 Å². The van der Waals surface area contributed by atoms with E-state index in [4.69, 9.17) is 4.74 Å². The molecule has 0 spiro atoms. The number of fused-ring (bicyclic) bond motifs is 4. The smallest absolute Gasteiger partial charge is 0.321 e. The molecule has 0 atom stereocenters. The van der Waals surface area contributed by atoms with Crippen LogP contribution >= 0.6 is 0 Å². The fourth-order valence-electron chi connectivity index (χ4n) is 13.9. The second kappa shape index (κ2) is 37.5. The lowest BCUT2D eigenvalue weighted by Gasteiger charge is -2.28. The van der Waals surface area contributed by atoms with E-state index < -0.39 is 46.9 Å². The van der Waals surface area contributed by atoms with E-state index in [0.29, 0.717) is 46.0 Å². The van der Waals surface area contributed by atoms with Crippen LogP contribution in [0.5, 0.6) is 0 Å². The molecule has 0 radical (unpaired) electrons. The van der Waals surface area contributed by atoms with Gasteiger partial charge in [0.15, 0.2) is 22.8 Å². The third-order valence-electron chi connectivity index (χ3n) is 20.2. The van der Waals surface area contributed by atoms with Crippen molar-refractivity contribution in [3.8, 4) is 44.5 Å². The molecule has 0 unspecified atom stereocenters. The standard InChI is InChI=1S/C24H22FN5O.C23H20FN5O2.C22H19FN6O2.C22H20FN5O/c25-20-6-2-3-7-22(20)27-24(31)23-19-13-16(8-9-21(19)28-29-23)17-12-18(15-26-14-17)30-10-4-1-5-11-30;24-19-3-1-2-4-21(19)26-23(30)22-18-12-15(5-6-20(18)27-28-22)16-11-17(14-25-13-16)29-7-9-31-10-8-29;1-29(2)22(31)25-15-9-14(11-24-12-15)13-7-8-18-16(10-13)20(28-27-18)21(30)26-19-6-4-3-5-17(19)23;1-28(2)13-14-9-16(12-24-11-14)15-7-8-19-17(10-15)21(27-26-19)22(29)25-20-6-4-3-5-18(20)23/h2-3,6-9,12-15H,1,4-5,10-11H2,(H,27,31)(H,28,29);1-6,11-14H,7-10H2,(H,26,30)(H,27,28);3-12H,1-2H3,(H,25,31)(H,26,30)(H,27,28);3-12H,13H2,1-2H3,(H,25,29)(H,26,27). The first-order chi connectivity index (χ1) is 59.3. The SMILES string of the molecule is CN(C)C(=O)Nc1cncc(-c2ccc3[nH]nc(C(=O)Nc4ccccc4F)c3c2)c1.CN(C)Cc1cncc(-c2ccc3[nH]nc(C(=O)Nc4ccccc4F)c3c2)c1.O=C(Nc1ccccc1F)c1n[nH]c2ccc(-c3cncc(N4CCCCC4)c3)cc12.O=C(Nc1ccccc1F)c1n[nH]c2ccc(-c3cncc(N4CCOCC4)c3)cc12. The molecule has 2 aliphatic rings. The Kier molecular flexibility index (Phi) is 25.1. The molecule has 6 amide bonds. The maximum absolute atomic E-state index is 13.9. The maximum Gasteiger partial charge on any atom is 0.321 e. The molecule has 27 nitrogen and oxygen atoms in total. The quantitative estimate of drug-likeness (QED) is 0.0382. The number of aromatic nitrogens is 12. The zero-order chi connectivity index (χ0) is 84.8. The molecule has 0 bridgehead atoms. The molecule has 31 heteroatoms. The van der Waals surface area contributed by atoms with Crippen LogP contribution in [0, 0.1) is 23.3 Å². The van der Waals surface area contributed by atoms with Crippen molar-refractivity contribution >= 4 is 113 Å². The first-order valence-corrected chi connectivity index (χ1v) is 39.0. The van der Waals surface area contributed by atoms with E-state index in [1.165, 1.54) is 72.7 Å². The van der Waals surface area contributed by atoms with Crippen LogP contribution in [0.25, 0.3) is 88.1 Å². The Morgan fingerprint density at radius 1 is 0.361 bits per heavy atom. The summed E-state index contributed by atoms with van der Waals surface area (Å²) >= 11 is 0. The lowest BCUT2D eigenvalue weighted by Crippen LogP contribution is -2.36. The van der Waals surface area contributed by atoms with Gasteiger partial charge in [-0.15, -0.1) is 0 Å². The van der Waals surface area contributed by atoms with Gasteiger partial charge in [0.25, 0.3) is 23.6 Å². The fourth-order valence-corrected chi connectivity index (χ4v) is 13.9. The highest BCUT2D eigenvalue weighted by Gasteiger charge is 2.24. The Balaban J connectivity index is 0.000000126. The normalized spacial score (nSPS) is 12.5. The molecular formula is C91H81F4N21O6. The number of piperidine rings is 1. The molecule has 2 fully saturated rings. The zero-order valence-electron chi connectivity index (χ0n) is 66.5. The molecule has 2 saturated heterocycles. The highest BCUT2D eigenvalue weighted by molar-refractivity contribution is 6.15. The number of pyridine rings is 4. The second-order valence-electron chi connectivity index (χ2n) is 29.2. The van der Waals surface area contributed by atoms with Crippen molar-refractivity contribution in [3.63, 3.8) is 0 Å². The number of urea groups is 1. The van der Waals surface area contributed by atoms with E-state index in [-0.39, 0.29) is 51.6 Å². The molecule has 18 rings (SSSR count). The molecule has 2 aliphatic heterocycles. The first-order valence-electron chi connectivity index (χ1n) is 39.0. The number of rotatable bonds is 17. The van der Waals surface area contributed by atoms with E-state index in [2.05, 4.69) is 120 Å². The van der Waals surface area contributed by atoms with Crippen LogP contribution in [0.2, 0.25) is 0 Å². The predicted octanol–water partition coefficient (Wildman–Crippen LogP) is 17.0. The number of amides is 6. The number of halogens is 4. The van der Waals surface area contributed by atoms with Crippen LogP contribution in [0.4, 0.5) is 62.2 Å². The monoisotopic (exact) mass is 1640 g/mol. The number of ether oxygens (including phenoxy) is 1. The van der Waals surface area contributed by atoms with Crippen molar-refractivity contribution in [2.45, 2.75) is 25.8 Å². The largest absolute Gasteiger partial charge is 0.378 e. The summed E-state index contributed by atoms with van der Waals surface area (Å²) in [4.78, 5) is 88.3. The number of hydrogen-bond acceptors (Lipinski definition) is 17.